The number of hydrogen-bond donors (Lipinski definition) is 2. The van der Waals surface area contributed by atoms with E-state index in [9.17, 15) is 31.1 Å². The number of nitrogens with zero attached hydrogens (tertiary/aromatic N) is 3. The highest BCUT2D eigenvalue weighted by atomic mass is 19.4. The third-order valence-electron chi connectivity index (χ3n) is 5.59. The van der Waals surface area contributed by atoms with E-state index in [4.69, 9.17) is 14.3 Å². The number of hydrogen-bond acceptors (Lipinski definition) is 6. The van der Waals surface area contributed by atoms with Crippen LogP contribution in [0.3, 0.4) is 0 Å². The second-order valence-corrected chi connectivity index (χ2v) is 8.30. The minimum atomic E-state index is -5.08. The summed E-state index contributed by atoms with van der Waals surface area (Å²) >= 11 is 0. The van der Waals surface area contributed by atoms with Crippen molar-refractivity contribution in [3.05, 3.63) is 65.8 Å². The molecule has 2 heterocycles. The Labute approximate surface area is 216 Å². The highest BCUT2D eigenvalue weighted by Crippen LogP contribution is 2.31. The van der Waals surface area contributed by atoms with Gasteiger partial charge in [0.2, 0.25) is 5.89 Å². The van der Waals surface area contributed by atoms with Gasteiger partial charge in [-0.05, 0) is 37.4 Å². The summed E-state index contributed by atoms with van der Waals surface area (Å²) in [6.45, 7) is 0.539. The first kappa shape index (κ1) is 29.5. The maximum Gasteiger partial charge on any atom is 0.490 e. The first-order valence-electron chi connectivity index (χ1n) is 11.3. The van der Waals surface area contributed by atoms with Crippen molar-refractivity contribution in [3.63, 3.8) is 0 Å². The number of carbonyl (C=O) groups excluding carboxylic acids is 1. The van der Waals surface area contributed by atoms with E-state index in [0.29, 0.717) is 18.8 Å². The molecule has 1 saturated heterocycles. The molecule has 4 rings (SSSR count). The second-order valence-electron chi connectivity index (χ2n) is 8.30. The molecular weight excluding hydrogens is 541 g/mol. The normalized spacial score (nSPS) is 14.9. The Hall–Kier alpha value is -4.01. The van der Waals surface area contributed by atoms with E-state index in [-0.39, 0.29) is 36.4 Å². The van der Waals surface area contributed by atoms with Crippen LogP contribution in [0.1, 0.15) is 30.7 Å². The molecule has 0 saturated carbocycles. The van der Waals surface area contributed by atoms with Crippen LogP contribution in [0.5, 0.6) is 0 Å². The van der Waals surface area contributed by atoms with Gasteiger partial charge in [-0.1, -0.05) is 24.3 Å². The quantitative estimate of drug-likeness (QED) is 0.404. The van der Waals surface area contributed by atoms with E-state index in [0.717, 1.165) is 6.07 Å². The lowest BCUT2D eigenvalue weighted by Crippen LogP contribution is -2.51. The van der Waals surface area contributed by atoms with Gasteiger partial charge in [0.15, 0.2) is 5.67 Å². The molecule has 3 aromatic rings. The number of anilines is 1. The summed E-state index contributed by atoms with van der Waals surface area (Å²) in [5.41, 5.74) is -1.37. The molecule has 210 valence electrons. The molecule has 15 heteroatoms. The van der Waals surface area contributed by atoms with Crippen molar-refractivity contribution in [2.24, 2.45) is 0 Å². The summed E-state index contributed by atoms with van der Waals surface area (Å²) in [6.07, 6.45) is -7.96. The number of carboxylic acid groups (broad SMARTS) is 1. The fourth-order valence-electron chi connectivity index (χ4n) is 3.59. The fourth-order valence-corrected chi connectivity index (χ4v) is 3.59. The molecule has 0 bridgehead atoms. The Balaban J connectivity index is 0.000000532. The monoisotopic (exact) mass is 562 g/mol. The number of piperidine rings is 1. The molecule has 1 aliphatic rings. The van der Waals surface area contributed by atoms with E-state index in [1.807, 2.05) is 0 Å². The van der Waals surface area contributed by atoms with E-state index in [2.05, 4.69) is 15.5 Å². The zero-order valence-electron chi connectivity index (χ0n) is 19.9. The van der Waals surface area contributed by atoms with Crippen LogP contribution < -0.4 is 10.2 Å². The van der Waals surface area contributed by atoms with Crippen LogP contribution in [0.15, 0.2) is 52.9 Å². The van der Waals surface area contributed by atoms with Gasteiger partial charge >= 0.3 is 18.6 Å². The molecule has 2 N–H and O–H groups in total. The molecular formula is C24H21F7N4O4. The summed E-state index contributed by atoms with van der Waals surface area (Å²) in [6, 6.07) is 12.3. The van der Waals surface area contributed by atoms with Gasteiger partial charge in [-0.2, -0.15) is 22.0 Å². The molecule has 8 nitrogen and oxygen atoms in total. The van der Waals surface area contributed by atoms with Crippen LogP contribution in [0.2, 0.25) is 0 Å². The van der Waals surface area contributed by atoms with Crippen molar-refractivity contribution in [1.29, 1.82) is 0 Å². The Kier molecular flexibility index (Phi) is 9.27. The van der Waals surface area contributed by atoms with Crippen LogP contribution in [0.25, 0.3) is 11.5 Å². The van der Waals surface area contributed by atoms with Crippen molar-refractivity contribution in [3.8, 4) is 11.5 Å². The van der Waals surface area contributed by atoms with Gasteiger partial charge in [-0.3, -0.25) is 4.79 Å². The van der Waals surface area contributed by atoms with E-state index < -0.39 is 41.9 Å². The van der Waals surface area contributed by atoms with Gasteiger partial charge in [-0.15, -0.1) is 10.2 Å². The number of carboxylic acids is 1. The number of carbonyl (C=O) groups is 2. The van der Waals surface area contributed by atoms with Gasteiger partial charge in [0.25, 0.3) is 11.8 Å². The number of alkyl halides is 6. The fraction of sp³-hybridized carbons (Fsp3) is 0.333. The number of aromatic nitrogens is 2. The van der Waals surface area contributed by atoms with Crippen LogP contribution in [-0.2, 0) is 16.1 Å². The van der Waals surface area contributed by atoms with Crippen LogP contribution in [0, 0.1) is 5.82 Å². The maximum atomic E-state index is 15.4. The Morgan fingerprint density at radius 3 is 2.21 bits per heavy atom. The van der Waals surface area contributed by atoms with Crippen LogP contribution in [-0.4, -0.2) is 52.1 Å². The second kappa shape index (κ2) is 12.2. The Bertz CT molecular complexity index is 1280. The van der Waals surface area contributed by atoms with Gasteiger partial charge in [0.05, 0.1) is 6.54 Å². The lowest BCUT2D eigenvalue weighted by atomic mass is 9.92. The number of rotatable bonds is 6. The summed E-state index contributed by atoms with van der Waals surface area (Å²) in [4.78, 5) is 23.3. The van der Waals surface area contributed by atoms with Crippen molar-refractivity contribution in [2.75, 3.05) is 18.0 Å². The molecule has 2 aromatic carbocycles. The SMILES string of the molecule is O=C(N(Cc1ccc(-c2nnc(C(F)F)o2)cc1F)c1ccccc1)C1(F)CCNCC1.O=C(O)C(F)(F)F. The maximum absolute atomic E-state index is 15.4. The number of para-hydroxylation sites is 1. The van der Waals surface area contributed by atoms with E-state index >= 15 is 4.39 Å². The molecule has 1 amide bonds. The Morgan fingerprint density at radius 1 is 1.08 bits per heavy atom. The molecule has 0 unspecified atom stereocenters. The lowest BCUT2D eigenvalue weighted by Gasteiger charge is -2.34. The Morgan fingerprint density at radius 2 is 1.69 bits per heavy atom. The highest BCUT2D eigenvalue weighted by Gasteiger charge is 2.43. The molecule has 0 radical (unpaired) electrons. The van der Waals surface area contributed by atoms with Gasteiger partial charge in [0.1, 0.15) is 5.82 Å². The summed E-state index contributed by atoms with van der Waals surface area (Å²) in [7, 11) is 0. The number of amides is 1. The number of benzene rings is 2. The molecule has 1 fully saturated rings. The highest BCUT2D eigenvalue weighted by molar-refractivity contribution is 5.99. The number of aliphatic carboxylic acids is 1. The standard InChI is InChI=1S/C22H20F4N4O2.C2HF3O2/c23-17-12-14(19-28-29-20(32-19)18(24)25)6-7-15(17)13-30(16-4-2-1-3-5-16)21(31)22(26)8-10-27-11-9-22;3-2(4,5)1(6)7/h1-7,12,18,27H,8-11,13H2;(H,6,7). The summed E-state index contributed by atoms with van der Waals surface area (Å²) in [5.74, 6) is -5.31. The average Bonchev–Trinajstić information content (AvgIpc) is 3.39. The minimum absolute atomic E-state index is 0.0280. The zero-order valence-corrected chi connectivity index (χ0v) is 19.9. The minimum Gasteiger partial charge on any atom is -0.475 e. The van der Waals surface area contributed by atoms with E-state index in [1.165, 1.54) is 17.0 Å². The number of nitrogens with one attached hydrogen (secondary N) is 1. The predicted octanol–water partition coefficient (Wildman–Crippen LogP) is 5.07. The zero-order chi connectivity index (χ0) is 28.8. The van der Waals surface area contributed by atoms with Crippen molar-refractivity contribution < 1.29 is 49.8 Å². The third kappa shape index (κ3) is 7.52. The average molecular weight is 562 g/mol. The largest absolute Gasteiger partial charge is 0.490 e. The van der Waals surface area contributed by atoms with Gasteiger partial charge in [-0.25, -0.2) is 13.6 Å². The third-order valence-corrected chi connectivity index (χ3v) is 5.59. The summed E-state index contributed by atoms with van der Waals surface area (Å²) < 4.78 is 92.3. The van der Waals surface area contributed by atoms with Gasteiger partial charge < -0.3 is 19.7 Å². The van der Waals surface area contributed by atoms with Crippen LogP contribution in [0.4, 0.5) is 36.4 Å². The predicted molar refractivity (Wildman–Crippen MR) is 122 cm³/mol. The first-order chi connectivity index (χ1) is 18.3. The topological polar surface area (TPSA) is 109 Å². The van der Waals surface area contributed by atoms with Crippen molar-refractivity contribution in [2.45, 2.75) is 37.7 Å². The smallest absolute Gasteiger partial charge is 0.475 e. The summed E-state index contributed by atoms with van der Waals surface area (Å²) in [5, 5.41) is 16.9. The van der Waals surface area contributed by atoms with Crippen molar-refractivity contribution >= 4 is 17.6 Å². The molecule has 1 aromatic heterocycles. The molecule has 0 atom stereocenters. The van der Waals surface area contributed by atoms with Crippen molar-refractivity contribution in [1.82, 2.24) is 15.5 Å². The van der Waals surface area contributed by atoms with Crippen LogP contribution >= 0.6 is 0 Å². The molecule has 39 heavy (non-hydrogen) atoms. The van der Waals surface area contributed by atoms with E-state index in [1.54, 1.807) is 30.3 Å². The first-order valence-corrected chi connectivity index (χ1v) is 11.3. The molecule has 0 aliphatic carbocycles. The van der Waals surface area contributed by atoms with Gasteiger partial charge in [0, 0.05) is 29.7 Å². The number of halogens is 7. The molecule has 0 spiro atoms. The molecule has 1 aliphatic heterocycles. The lowest BCUT2D eigenvalue weighted by molar-refractivity contribution is -0.192.